The van der Waals surface area contributed by atoms with E-state index in [0.29, 0.717) is 0 Å². The van der Waals surface area contributed by atoms with E-state index in [2.05, 4.69) is 4.74 Å². The van der Waals surface area contributed by atoms with Crippen molar-refractivity contribution >= 4 is 5.97 Å². The van der Waals surface area contributed by atoms with Crippen molar-refractivity contribution in [3.63, 3.8) is 0 Å². The second-order valence-corrected chi connectivity index (χ2v) is 1.11. The lowest BCUT2D eigenvalue weighted by Crippen LogP contribution is -2.17. The Bertz CT molecular complexity index is 83.4. The fraction of sp³-hybridized carbons (Fsp3) is 0.750. The summed E-state index contributed by atoms with van der Waals surface area (Å²) in [4.78, 5) is 9.59. The predicted molar refractivity (Wildman–Crippen MR) is 24.2 cm³/mol. The van der Waals surface area contributed by atoms with Gasteiger partial charge in [0.25, 0.3) is 6.36 Å². The van der Waals surface area contributed by atoms with Gasteiger partial charge in [-0.3, -0.25) is 0 Å². The van der Waals surface area contributed by atoms with Crippen molar-refractivity contribution in [2.45, 2.75) is 13.3 Å². The van der Waals surface area contributed by atoms with Gasteiger partial charge < -0.3 is 9.84 Å². The molecule has 0 saturated heterocycles. The standard InChI is InChI=1S/C4H7FO3/c1-2-8-3(5)4(6)7/h3H,2H2,1H3,(H,6,7). The van der Waals surface area contributed by atoms with E-state index in [1.807, 2.05) is 0 Å². The minimum Gasteiger partial charge on any atom is -0.477 e. The first-order chi connectivity index (χ1) is 3.68. The second-order valence-electron chi connectivity index (χ2n) is 1.11. The third-order valence-corrected chi connectivity index (χ3v) is 0.507. The summed E-state index contributed by atoms with van der Waals surface area (Å²) in [5, 5.41) is 7.81. The second kappa shape index (κ2) is 3.37. The van der Waals surface area contributed by atoms with Crippen LogP contribution in [0.25, 0.3) is 0 Å². The van der Waals surface area contributed by atoms with Gasteiger partial charge >= 0.3 is 5.97 Å². The monoisotopic (exact) mass is 122 g/mol. The zero-order valence-electron chi connectivity index (χ0n) is 4.43. The van der Waals surface area contributed by atoms with Gasteiger partial charge in [0.1, 0.15) is 0 Å². The van der Waals surface area contributed by atoms with E-state index in [1.165, 1.54) is 6.92 Å². The molecule has 0 rings (SSSR count). The molecule has 0 aromatic heterocycles. The van der Waals surface area contributed by atoms with Gasteiger partial charge in [0.15, 0.2) is 0 Å². The van der Waals surface area contributed by atoms with Crippen LogP contribution in [0.15, 0.2) is 0 Å². The van der Waals surface area contributed by atoms with Crippen LogP contribution in [-0.4, -0.2) is 24.0 Å². The summed E-state index contributed by atoms with van der Waals surface area (Å²) >= 11 is 0. The Morgan fingerprint density at radius 1 is 2.00 bits per heavy atom. The third-order valence-electron chi connectivity index (χ3n) is 0.507. The summed E-state index contributed by atoms with van der Waals surface area (Å²) in [6.45, 7) is 1.60. The van der Waals surface area contributed by atoms with Crippen LogP contribution in [0.5, 0.6) is 0 Å². The summed E-state index contributed by atoms with van der Waals surface area (Å²) in [6.07, 6.45) is -2.17. The molecule has 8 heavy (non-hydrogen) atoms. The molecule has 0 aromatic rings. The van der Waals surface area contributed by atoms with E-state index in [0.717, 1.165) is 0 Å². The molecular formula is C4H7FO3. The Morgan fingerprint density at radius 3 is 2.62 bits per heavy atom. The Kier molecular flexibility index (Phi) is 3.10. The Balaban J connectivity index is 3.32. The first kappa shape index (κ1) is 7.36. The summed E-state index contributed by atoms with van der Waals surface area (Å²) in [6, 6.07) is 0. The number of halogens is 1. The SMILES string of the molecule is CCOC(F)C(=O)O. The summed E-state index contributed by atoms with van der Waals surface area (Å²) in [5.74, 6) is -1.58. The number of aliphatic carboxylic acids is 1. The maximum absolute atomic E-state index is 11.7. The van der Waals surface area contributed by atoms with Crippen molar-refractivity contribution < 1.29 is 19.0 Å². The molecule has 1 atom stereocenters. The van der Waals surface area contributed by atoms with Crippen LogP contribution in [0, 0.1) is 0 Å². The summed E-state index contributed by atoms with van der Waals surface area (Å²) in [7, 11) is 0. The average Bonchev–Trinajstić information content (AvgIpc) is 1.67. The van der Waals surface area contributed by atoms with Crippen molar-refractivity contribution in [3.05, 3.63) is 0 Å². The normalized spacial score (nSPS) is 13.2. The van der Waals surface area contributed by atoms with Gasteiger partial charge in [-0.25, -0.2) is 9.18 Å². The largest absolute Gasteiger partial charge is 0.477 e. The van der Waals surface area contributed by atoms with E-state index in [4.69, 9.17) is 5.11 Å². The van der Waals surface area contributed by atoms with Crippen molar-refractivity contribution in [3.8, 4) is 0 Å². The number of hydrogen-bond donors (Lipinski definition) is 1. The number of carboxylic acid groups (broad SMARTS) is 1. The van der Waals surface area contributed by atoms with Gasteiger partial charge in [0.05, 0.1) is 0 Å². The van der Waals surface area contributed by atoms with Crippen LogP contribution in [-0.2, 0) is 9.53 Å². The molecule has 0 aliphatic carbocycles. The van der Waals surface area contributed by atoms with Gasteiger partial charge in [-0.2, -0.15) is 0 Å². The van der Waals surface area contributed by atoms with Crippen molar-refractivity contribution in [1.82, 2.24) is 0 Å². The predicted octanol–water partition coefficient (Wildman–Crippen LogP) is 0.403. The van der Waals surface area contributed by atoms with Gasteiger partial charge in [0, 0.05) is 6.61 Å². The van der Waals surface area contributed by atoms with Crippen molar-refractivity contribution in [2.75, 3.05) is 6.61 Å². The molecule has 0 heterocycles. The zero-order chi connectivity index (χ0) is 6.57. The van der Waals surface area contributed by atoms with E-state index < -0.39 is 12.3 Å². The summed E-state index contributed by atoms with van der Waals surface area (Å²) in [5.41, 5.74) is 0. The molecule has 0 radical (unpaired) electrons. The molecule has 0 aliphatic heterocycles. The molecular weight excluding hydrogens is 115 g/mol. The molecule has 1 unspecified atom stereocenters. The maximum Gasteiger partial charge on any atom is 0.366 e. The zero-order valence-corrected chi connectivity index (χ0v) is 4.43. The molecule has 0 bridgehead atoms. The van der Waals surface area contributed by atoms with Gasteiger partial charge in [-0.15, -0.1) is 0 Å². The highest BCUT2D eigenvalue weighted by molar-refractivity contribution is 5.70. The number of ether oxygens (including phenoxy) is 1. The number of carbonyl (C=O) groups is 1. The van der Waals surface area contributed by atoms with Crippen LogP contribution in [0.1, 0.15) is 6.92 Å². The van der Waals surface area contributed by atoms with Gasteiger partial charge in [-0.05, 0) is 6.92 Å². The Labute approximate surface area is 46.1 Å². The molecule has 0 amide bonds. The lowest BCUT2D eigenvalue weighted by atomic mass is 10.7. The third kappa shape index (κ3) is 2.52. The first-order valence-corrected chi connectivity index (χ1v) is 2.17. The van der Waals surface area contributed by atoms with E-state index in [-0.39, 0.29) is 6.61 Å². The molecule has 0 fully saturated rings. The summed E-state index contributed by atoms with van der Waals surface area (Å²) < 4.78 is 15.7. The highest BCUT2D eigenvalue weighted by Gasteiger charge is 2.13. The van der Waals surface area contributed by atoms with Crippen LogP contribution in [0.4, 0.5) is 4.39 Å². The molecule has 0 aromatic carbocycles. The van der Waals surface area contributed by atoms with Crippen LogP contribution in [0.3, 0.4) is 0 Å². The van der Waals surface area contributed by atoms with Crippen molar-refractivity contribution in [1.29, 1.82) is 0 Å². The van der Waals surface area contributed by atoms with E-state index in [1.54, 1.807) is 0 Å². The Morgan fingerprint density at radius 2 is 2.50 bits per heavy atom. The number of alkyl halides is 1. The quantitative estimate of drug-likeness (QED) is 0.589. The Hall–Kier alpha value is -0.640. The molecule has 48 valence electrons. The van der Waals surface area contributed by atoms with Gasteiger partial charge in [0.2, 0.25) is 0 Å². The highest BCUT2D eigenvalue weighted by Crippen LogP contribution is 1.91. The fourth-order valence-corrected chi connectivity index (χ4v) is 0.218. The molecule has 0 aliphatic rings. The maximum atomic E-state index is 11.7. The van der Waals surface area contributed by atoms with Crippen molar-refractivity contribution in [2.24, 2.45) is 0 Å². The molecule has 0 spiro atoms. The van der Waals surface area contributed by atoms with Crippen LogP contribution < -0.4 is 0 Å². The molecule has 4 heteroatoms. The molecule has 3 nitrogen and oxygen atoms in total. The minimum absolute atomic E-state index is 0.0769. The average molecular weight is 122 g/mol. The van der Waals surface area contributed by atoms with Gasteiger partial charge in [-0.1, -0.05) is 0 Å². The number of hydrogen-bond acceptors (Lipinski definition) is 2. The van der Waals surface area contributed by atoms with Crippen LogP contribution in [0.2, 0.25) is 0 Å². The minimum atomic E-state index is -2.17. The topological polar surface area (TPSA) is 46.5 Å². The number of carboxylic acids is 1. The van der Waals surface area contributed by atoms with E-state index in [9.17, 15) is 9.18 Å². The molecule has 1 N–H and O–H groups in total. The molecule has 0 saturated carbocycles. The van der Waals surface area contributed by atoms with Crippen LogP contribution >= 0.6 is 0 Å². The lowest BCUT2D eigenvalue weighted by Gasteiger charge is -1.99. The smallest absolute Gasteiger partial charge is 0.366 e. The lowest BCUT2D eigenvalue weighted by molar-refractivity contribution is -0.162. The van der Waals surface area contributed by atoms with E-state index >= 15 is 0 Å². The number of rotatable bonds is 3. The fourth-order valence-electron chi connectivity index (χ4n) is 0.218. The first-order valence-electron chi connectivity index (χ1n) is 2.17. The highest BCUT2D eigenvalue weighted by atomic mass is 19.1.